The van der Waals surface area contributed by atoms with Gasteiger partial charge in [0.25, 0.3) is 0 Å². The Hall–Kier alpha value is -1.72. The summed E-state index contributed by atoms with van der Waals surface area (Å²) in [5.41, 5.74) is 0.953. The Morgan fingerprint density at radius 1 is 1.17 bits per heavy atom. The number of quaternary nitrogens is 1. The number of carbonyl (C=O) groups is 2. The number of ether oxygens (including phenoxy) is 1. The molecule has 5 heteroatoms. The van der Waals surface area contributed by atoms with Crippen LogP contribution in [0, 0.1) is 0 Å². The van der Waals surface area contributed by atoms with Gasteiger partial charge in [0.1, 0.15) is 12.6 Å². The second-order valence-corrected chi connectivity index (χ2v) is 6.46. The standard InChI is InChI=1S/C18H25N2O3/c21-17-8-4-5-13-20(17,16-9-11-19-12-10-16)18(22)23-14-15-6-2-1-3-7-15/h1-3,6-7,16,19H,4-5,8-14H2/q+1. The molecule has 2 amide bonds. The van der Waals surface area contributed by atoms with Crippen molar-refractivity contribution in [3.8, 4) is 0 Å². The summed E-state index contributed by atoms with van der Waals surface area (Å²) in [7, 11) is 0. The zero-order valence-corrected chi connectivity index (χ0v) is 13.5. The Labute approximate surface area is 137 Å². The summed E-state index contributed by atoms with van der Waals surface area (Å²) in [5.74, 6) is 0.0428. The fraction of sp³-hybridized carbons (Fsp3) is 0.556. The number of benzene rings is 1. The number of hydrogen-bond donors (Lipinski definition) is 1. The van der Waals surface area contributed by atoms with Gasteiger partial charge in [-0.3, -0.25) is 0 Å². The molecule has 0 radical (unpaired) electrons. The Morgan fingerprint density at radius 2 is 1.91 bits per heavy atom. The predicted octanol–water partition coefficient (Wildman–Crippen LogP) is 2.60. The highest BCUT2D eigenvalue weighted by Crippen LogP contribution is 2.30. The van der Waals surface area contributed by atoms with Crippen LogP contribution >= 0.6 is 0 Å². The normalized spacial score (nSPS) is 26.0. The van der Waals surface area contributed by atoms with Crippen LogP contribution in [-0.4, -0.2) is 42.2 Å². The summed E-state index contributed by atoms with van der Waals surface area (Å²) in [4.78, 5) is 25.6. The number of nitrogens with one attached hydrogen (secondary N) is 1. The fourth-order valence-electron chi connectivity index (χ4n) is 3.77. The van der Waals surface area contributed by atoms with Gasteiger partial charge < -0.3 is 10.1 Å². The quantitative estimate of drug-likeness (QED) is 0.871. The number of likely N-dealkylation sites (tertiary alicyclic amines) is 1. The van der Waals surface area contributed by atoms with Crippen LogP contribution in [0.1, 0.15) is 37.7 Å². The van der Waals surface area contributed by atoms with Gasteiger partial charge in [-0.15, -0.1) is 0 Å². The van der Waals surface area contributed by atoms with E-state index in [0.717, 1.165) is 44.3 Å². The number of amides is 2. The van der Waals surface area contributed by atoms with Crippen molar-refractivity contribution < 1.29 is 18.8 Å². The van der Waals surface area contributed by atoms with Gasteiger partial charge in [-0.2, -0.15) is 9.28 Å². The molecule has 124 valence electrons. The van der Waals surface area contributed by atoms with Crippen molar-refractivity contribution in [2.75, 3.05) is 19.6 Å². The molecule has 0 saturated carbocycles. The van der Waals surface area contributed by atoms with Gasteiger partial charge in [0.2, 0.25) is 0 Å². The van der Waals surface area contributed by atoms with E-state index in [1.54, 1.807) is 0 Å². The van der Waals surface area contributed by atoms with E-state index in [9.17, 15) is 9.59 Å². The lowest BCUT2D eigenvalue weighted by Gasteiger charge is -2.42. The first-order valence-corrected chi connectivity index (χ1v) is 8.56. The van der Waals surface area contributed by atoms with Crippen molar-refractivity contribution >= 4 is 12.0 Å². The highest BCUT2D eigenvalue weighted by molar-refractivity contribution is 5.82. The third-order valence-electron chi connectivity index (χ3n) is 5.06. The van der Waals surface area contributed by atoms with Crippen LogP contribution in [0.4, 0.5) is 4.79 Å². The van der Waals surface area contributed by atoms with Crippen molar-refractivity contribution in [3.63, 3.8) is 0 Å². The van der Waals surface area contributed by atoms with Crippen LogP contribution in [0.5, 0.6) is 0 Å². The minimum absolute atomic E-state index is 0.0428. The Kier molecular flexibility index (Phi) is 5.08. The molecule has 1 atom stereocenters. The highest BCUT2D eigenvalue weighted by Gasteiger charge is 2.53. The van der Waals surface area contributed by atoms with Crippen LogP contribution < -0.4 is 5.32 Å². The van der Waals surface area contributed by atoms with Gasteiger partial charge in [-0.1, -0.05) is 30.3 Å². The maximum absolute atomic E-state index is 12.9. The zero-order chi connectivity index (χ0) is 16.1. The van der Waals surface area contributed by atoms with Gasteiger partial charge in [-0.05, 0) is 18.4 Å². The number of carbonyl (C=O) groups excluding carboxylic acids is 2. The van der Waals surface area contributed by atoms with Crippen LogP contribution in [0.2, 0.25) is 0 Å². The second kappa shape index (κ2) is 7.23. The topological polar surface area (TPSA) is 55.4 Å². The van der Waals surface area contributed by atoms with Gasteiger partial charge >= 0.3 is 12.0 Å². The van der Waals surface area contributed by atoms with E-state index >= 15 is 0 Å². The van der Waals surface area contributed by atoms with E-state index in [1.807, 2.05) is 30.3 Å². The Balaban J connectivity index is 1.77. The number of rotatable bonds is 3. The molecule has 1 unspecified atom stereocenters. The summed E-state index contributed by atoms with van der Waals surface area (Å²) < 4.78 is 5.50. The van der Waals surface area contributed by atoms with E-state index in [2.05, 4.69) is 5.32 Å². The summed E-state index contributed by atoms with van der Waals surface area (Å²) in [6.07, 6.45) is 3.64. The van der Waals surface area contributed by atoms with Crippen LogP contribution in [0.15, 0.2) is 30.3 Å². The van der Waals surface area contributed by atoms with E-state index < -0.39 is 0 Å². The molecule has 2 fully saturated rings. The largest absolute Gasteiger partial charge is 0.524 e. The van der Waals surface area contributed by atoms with Crippen molar-refractivity contribution in [2.45, 2.75) is 44.8 Å². The molecule has 2 aliphatic rings. The van der Waals surface area contributed by atoms with E-state index in [0.29, 0.717) is 13.0 Å². The molecule has 0 spiro atoms. The maximum Gasteiger partial charge on any atom is 0.524 e. The lowest BCUT2D eigenvalue weighted by atomic mass is 9.97. The SMILES string of the molecule is O=C1CCCC[N+]1(C(=O)OCc1ccccc1)C1CCNCC1. The molecule has 0 bridgehead atoms. The number of nitrogens with zero attached hydrogens (tertiary/aromatic N) is 1. The molecule has 1 aromatic carbocycles. The van der Waals surface area contributed by atoms with Crippen LogP contribution in [0.25, 0.3) is 0 Å². The van der Waals surface area contributed by atoms with E-state index in [4.69, 9.17) is 4.74 Å². The first kappa shape index (κ1) is 16.1. The average molecular weight is 317 g/mol. The van der Waals surface area contributed by atoms with Gasteiger partial charge in [0.15, 0.2) is 0 Å². The maximum atomic E-state index is 12.9. The predicted molar refractivity (Wildman–Crippen MR) is 86.5 cm³/mol. The molecular formula is C18H25N2O3+. The smallest absolute Gasteiger partial charge is 0.415 e. The van der Waals surface area contributed by atoms with E-state index in [1.165, 1.54) is 0 Å². The molecular weight excluding hydrogens is 292 g/mol. The molecule has 1 N–H and O–H groups in total. The summed E-state index contributed by atoms with van der Waals surface area (Å²) in [5, 5.41) is 3.31. The average Bonchev–Trinajstić information content (AvgIpc) is 2.62. The molecule has 2 saturated heterocycles. The van der Waals surface area contributed by atoms with Gasteiger partial charge in [0, 0.05) is 25.9 Å². The number of hydrogen-bond acceptors (Lipinski definition) is 4. The molecule has 3 rings (SSSR count). The summed E-state index contributed by atoms with van der Waals surface area (Å²) in [6.45, 7) is 2.56. The van der Waals surface area contributed by atoms with Gasteiger partial charge in [0.05, 0.1) is 13.0 Å². The van der Waals surface area contributed by atoms with E-state index in [-0.39, 0.29) is 29.1 Å². The molecule has 1 aromatic rings. The van der Waals surface area contributed by atoms with Crippen molar-refractivity contribution in [2.24, 2.45) is 0 Å². The number of piperidine rings is 2. The molecule has 23 heavy (non-hydrogen) atoms. The minimum Gasteiger partial charge on any atom is -0.415 e. The zero-order valence-electron chi connectivity index (χ0n) is 13.5. The fourth-order valence-corrected chi connectivity index (χ4v) is 3.77. The van der Waals surface area contributed by atoms with Crippen molar-refractivity contribution in [1.82, 2.24) is 5.32 Å². The first-order chi connectivity index (χ1) is 11.2. The first-order valence-electron chi connectivity index (χ1n) is 8.56. The summed E-state index contributed by atoms with van der Waals surface area (Å²) >= 11 is 0. The molecule has 0 aromatic heterocycles. The minimum atomic E-state index is -0.356. The van der Waals surface area contributed by atoms with Crippen molar-refractivity contribution in [3.05, 3.63) is 35.9 Å². The third-order valence-corrected chi connectivity index (χ3v) is 5.06. The van der Waals surface area contributed by atoms with Crippen molar-refractivity contribution in [1.29, 1.82) is 0 Å². The van der Waals surface area contributed by atoms with Crippen LogP contribution in [0.3, 0.4) is 0 Å². The van der Waals surface area contributed by atoms with Gasteiger partial charge in [-0.25, -0.2) is 4.79 Å². The lowest BCUT2D eigenvalue weighted by molar-refractivity contribution is -0.815. The van der Waals surface area contributed by atoms with Crippen LogP contribution in [-0.2, 0) is 16.1 Å². The third kappa shape index (κ3) is 3.31. The molecule has 2 heterocycles. The Bertz CT molecular complexity index is 555. The molecule has 5 nitrogen and oxygen atoms in total. The second-order valence-electron chi connectivity index (χ2n) is 6.46. The lowest BCUT2D eigenvalue weighted by Crippen LogP contribution is -2.66. The number of imide groups is 1. The molecule has 0 aliphatic carbocycles. The highest BCUT2D eigenvalue weighted by atomic mass is 16.6. The Morgan fingerprint density at radius 3 is 2.61 bits per heavy atom. The summed E-state index contributed by atoms with van der Waals surface area (Å²) in [6, 6.07) is 9.70. The molecule has 2 aliphatic heterocycles. The monoisotopic (exact) mass is 317 g/mol.